The van der Waals surface area contributed by atoms with Crippen LogP contribution in [0.5, 0.6) is 0 Å². The zero-order valence-corrected chi connectivity index (χ0v) is 16.0. The van der Waals surface area contributed by atoms with Gasteiger partial charge in [0.2, 0.25) is 0 Å². The van der Waals surface area contributed by atoms with E-state index in [0.717, 1.165) is 19.5 Å². The number of nitrogens with two attached hydrogens (primary N) is 2. The summed E-state index contributed by atoms with van der Waals surface area (Å²) in [6.07, 6.45) is 21.0. The Kier molecular flexibility index (Phi) is 19.8. The topological polar surface area (TPSA) is 64.1 Å². The molecule has 0 radical (unpaired) electrons. The molecule has 0 rings (SSSR count). The van der Waals surface area contributed by atoms with Crippen LogP contribution in [0.25, 0.3) is 0 Å². The molecule has 0 aromatic rings. The molecule has 3 nitrogen and oxygen atoms in total. The highest BCUT2D eigenvalue weighted by molar-refractivity contribution is 4.64. The van der Waals surface area contributed by atoms with Gasteiger partial charge in [-0.25, -0.2) is 0 Å². The maximum Gasteiger partial charge on any atom is 0.0165 e. The quantitative estimate of drug-likeness (QED) is 0.300. The molecule has 3 heteroatoms. The van der Waals surface area contributed by atoms with E-state index in [4.69, 9.17) is 11.5 Å². The molecular weight excluding hydrogens is 282 g/mol. The van der Waals surface area contributed by atoms with Gasteiger partial charge in [-0.15, -0.1) is 0 Å². The minimum Gasteiger partial charge on any atom is -0.329 e. The zero-order valence-electron chi connectivity index (χ0n) is 16.0. The Bertz CT molecular complexity index is 209. The molecule has 23 heavy (non-hydrogen) atoms. The Labute approximate surface area is 146 Å². The number of hydrogen-bond acceptors (Lipinski definition) is 3. The van der Waals surface area contributed by atoms with E-state index in [9.17, 15) is 0 Å². The maximum atomic E-state index is 6.06. The molecule has 0 heterocycles. The molecule has 1 unspecified atom stereocenters. The predicted octanol–water partition coefficient (Wildman–Crippen LogP) is 4.73. The second kappa shape index (κ2) is 19.9. The molecule has 5 N–H and O–H groups in total. The summed E-state index contributed by atoms with van der Waals surface area (Å²) in [5.74, 6) is 0. The molecule has 140 valence electrons. The molecule has 0 aromatic carbocycles. The van der Waals surface area contributed by atoms with E-state index >= 15 is 0 Å². The van der Waals surface area contributed by atoms with E-state index in [1.54, 1.807) is 0 Å². The van der Waals surface area contributed by atoms with Gasteiger partial charge in [-0.05, 0) is 6.42 Å². The van der Waals surface area contributed by atoms with Crippen LogP contribution < -0.4 is 16.8 Å². The van der Waals surface area contributed by atoms with Crippen molar-refractivity contribution in [1.82, 2.24) is 5.32 Å². The van der Waals surface area contributed by atoms with Crippen molar-refractivity contribution in [2.24, 2.45) is 11.5 Å². The van der Waals surface area contributed by atoms with Gasteiger partial charge in [0.1, 0.15) is 0 Å². The van der Waals surface area contributed by atoms with Gasteiger partial charge in [-0.1, -0.05) is 96.8 Å². The molecule has 0 fully saturated rings. The Morgan fingerprint density at radius 1 is 0.696 bits per heavy atom. The summed E-state index contributed by atoms with van der Waals surface area (Å²) >= 11 is 0. The van der Waals surface area contributed by atoms with Crippen LogP contribution in [0.3, 0.4) is 0 Å². The van der Waals surface area contributed by atoms with Crippen molar-refractivity contribution in [3.8, 4) is 0 Å². The maximum absolute atomic E-state index is 6.06. The summed E-state index contributed by atoms with van der Waals surface area (Å²) in [4.78, 5) is 0. The standard InChI is InChI=1S/C20H45N3/c1-2-3-4-5-6-7-8-9-10-11-12-13-14-15-16-20(22)19-23-18-17-21/h20,23H,2-19,21-22H2,1H3. The highest BCUT2D eigenvalue weighted by Gasteiger charge is 2.01. The second-order valence-corrected chi connectivity index (χ2v) is 7.14. The lowest BCUT2D eigenvalue weighted by Gasteiger charge is -2.12. The van der Waals surface area contributed by atoms with Crippen molar-refractivity contribution in [1.29, 1.82) is 0 Å². The van der Waals surface area contributed by atoms with Crippen molar-refractivity contribution in [3.63, 3.8) is 0 Å². The fraction of sp³-hybridized carbons (Fsp3) is 1.00. The lowest BCUT2D eigenvalue weighted by Crippen LogP contribution is -2.36. The summed E-state index contributed by atoms with van der Waals surface area (Å²) in [7, 11) is 0. The molecule has 0 amide bonds. The monoisotopic (exact) mass is 327 g/mol. The van der Waals surface area contributed by atoms with Crippen molar-refractivity contribution in [2.75, 3.05) is 19.6 Å². The number of nitrogens with one attached hydrogen (secondary N) is 1. The van der Waals surface area contributed by atoms with Crippen LogP contribution in [0.4, 0.5) is 0 Å². The van der Waals surface area contributed by atoms with E-state index < -0.39 is 0 Å². The zero-order chi connectivity index (χ0) is 17.0. The van der Waals surface area contributed by atoms with Gasteiger partial charge in [0, 0.05) is 25.7 Å². The van der Waals surface area contributed by atoms with Gasteiger partial charge >= 0.3 is 0 Å². The smallest absolute Gasteiger partial charge is 0.0165 e. The van der Waals surface area contributed by atoms with E-state index in [0.29, 0.717) is 12.6 Å². The first-order chi connectivity index (χ1) is 11.3. The molecule has 0 aliphatic carbocycles. The third-order valence-electron chi connectivity index (χ3n) is 4.66. The average molecular weight is 328 g/mol. The van der Waals surface area contributed by atoms with Crippen LogP contribution in [0.1, 0.15) is 103 Å². The Hall–Kier alpha value is -0.120. The molecule has 0 saturated carbocycles. The summed E-state index contributed by atoms with van der Waals surface area (Å²) in [6.45, 7) is 4.78. The van der Waals surface area contributed by atoms with Gasteiger partial charge < -0.3 is 16.8 Å². The van der Waals surface area contributed by atoms with Gasteiger partial charge in [0.15, 0.2) is 0 Å². The first-order valence-electron chi connectivity index (χ1n) is 10.5. The molecular formula is C20H45N3. The van der Waals surface area contributed by atoms with E-state index in [2.05, 4.69) is 12.2 Å². The first-order valence-corrected chi connectivity index (χ1v) is 10.5. The third-order valence-corrected chi connectivity index (χ3v) is 4.66. The molecule has 1 atom stereocenters. The fourth-order valence-electron chi connectivity index (χ4n) is 3.09. The summed E-state index contributed by atoms with van der Waals surface area (Å²) in [5.41, 5.74) is 11.5. The summed E-state index contributed by atoms with van der Waals surface area (Å²) < 4.78 is 0. The number of hydrogen-bond donors (Lipinski definition) is 3. The molecule has 0 aliphatic rings. The van der Waals surface area contributed by atoms with Crippen LogP contribution >= 0.6 is 0 Å². The Morgan fingerprint density at radius 3 is 1.57 bits per heavy atom. The van der Waals surface area contributed by atoms with Crippen LogP contribution in [-0.4, -0.2) is 25.7 Å². The first kappa shape index (κ1) is 22.9. The second-order valence-electron chi connectivity index (χ2n) is 7.14. The van der Waals surface area contributed by atoms with Crippen LogP contribution in [-0.2, 0) is 0 Å². The van der Waals surface area contributed by atoms with Crippen LogP contribution in [0.2, 0.25) is 0 Å². The van der Waals surface area contributed by atoms with Crippen molar-refractivity contribution < 1.29 is 0 Å². The summed E-state index contributed by atoms with van der Waals surface area (Å²) in [6, 6.07) is 0.305. The molecule has 0 bridgehead atoms. The van der Waals surface area contributed by atoms with Crippen molar-refractivity contribution in [2.45, 2.75) is 109 Å². The highest BCUT2D eigenvalue weighted by Crippen LogP contribution is 2.13. The van der Waals surface area contributed by atoms with Gasteiger partial charge in [-0.3, -0.25) is 0 Å². The highest BCUT2D eigenvalue weighted by atomic mass is 14.9. The molecule has 0 aromatic heterocycles. The minimum atomic E-state index is 0.305. The summed E-state index contributed by atoms with van der Waals surface area (Å²) in [5, 5.41) is 3.28. The van der Waals surface area contributed by atoms with E-state index in [-0.39, 0.29) is 0 Å². The van der Waals surface area contributed by atoms with Crippen molar-refractivity contribution in [3.05, 3.63) is 0 Å². The normalized spacial score (nSPS) is 12.7. The van der Waals surface area contributed by atoms with Gasteiger partial charge in [0.25, 0.3) is 0 Å². The van der Waals surface area contributed by atoms with Crippen molar-refractivity contribution >= 4 is 0 Å². The minimum absolute atomic E-state index is 0.305. The molecule has 0 saturated heterocycles. The fourth-order valence-corrected chi connectivity index (χ4v) is 3.09. The van der Waals surface area contributed by atoms with Gasteiger partial charge in [0.05, 0.1) is 0 Å². The van der Waals surface area contributed by atoms with Gasteiger partial charge in [-0.2, -0.15) is 0 Å². The molecule has 0 aliphatic heterocycles. The van der Waals surface area contributed by atoms with E-state index in [1.165, 1.54) is 89.9 Å². The lowest BCUT2D eigenvalue weighted by molar-refractivity contribution is 0.498. The largest absolute Gasteiger partial charge is 0.329 e. The SMILES string of the molecule is CCCCCCCCCCCCCCCCC(N)CNCCN. The predicted molar refractivity (Wildman–Crippen MR) is 105 cm³/mol. The average Bonchev–Trinajstić information content (AvgIpc) is 2.55. The number of unbranched alkanes of at least 4 members (excludes halogenated alkanes) is 13. The molecule has 0 spiro atoms. The lowest BCUT2D eigenvalue weighted by atomic mass is 10.0. The van der Waals surface area contributed by atoms with Crippen LogP contribution in [0.15, 0.2) is 0 Å². The van der Waals surface area contributed by atoms with E-state index in [1.807, 2.05) is 0 Å². The Balaban J connectivity index is 3.05. The Morgan fingerprint density at radius 2 is 1.13 bits per heavy atom. The number of rotatable bonds is 19. The third kappa shape index (κ3) is 19.8. The van der Waals surface area contributed by atoms with Crippen LogP contribution in [0, 0.1) is 0 Å².